The molecular formula is C14H12BrNO4. The van der Waals surface area contributed by atoms with Crippen molar-refractivity contribution in [1.29, 1.82) is 5.26 Å². The lowest BCUT2D eigenvalue weighted by atomic mass is 10.1. The monoisotopic (exact) mass is 337 g/mol. The number of furan rings is 1. The van der Waals surface area contributed by atoms with Gasteiger partial charge in [0.15, 0.2) is 11.3 Å². The van der Waals surface area contributed by atoms with Crippen LogP contribution >= 0.6 is 15.9 Å². The number of nitriles is 1. The molecule has 2 aromatic rings. The van der Waals surface area contributed by atoms with Gasteiger partial charge in [-0.1, -0.05) is 0 Å². The molecule has 0 aliphatic heterocycles. The van der Waals surface area contributed by atoms with E-state index in [1.54, 1.807) is 20.8 Å². The summed E-state index contributed by atoms with van der Waals surface area (Å²) in [7, 11) is 0. The first-order valence-corrected chi connectivity index (χ1v) is 6.60. The van der Waals surface area contributed by atoms with Crippen molar-refractivity contribution in [1.82, 2.24) is 0 Å². The summed E-state index contributed by atoms with van der Waals surface area (Å²) in [6, 6.07) is 4.91. The Morgan fingerprint density at radius 3 is 2.65 bits per heavy atom. The number of carbonyl (C=O) groups excluding carboxylic acids is 1. The first-order chi connectivity index (χ1) is 9.23. The third-order valence-electron chi connectivity index (χ3n) is 2.44. The number of hydrogen-bond donors (Lipinski definition) is 1. The smallest absolute Gasteiger partial charge is 0.374 e. The second-order valence-corrected chi connectivity index (χ2v) is 6.02. The second-order valence-electron chi connectivity index (χ2n) is 5.23. The minimum atomic E-state index is -0.642. The first kappa shape index (κ1) is 14.4. The van der Waals surface area contributed by atoms with Gasteiger partial charge in [0.25, 0.3) is 0 Å². The third kappa shape index (κ3) is 2.63. The van der Waals surface area contributed by atoms with Crippen LogP contribution in [0.2, 0.25) is 0 Å². The zero-order chi connectivity index (χ0) is 15.1. The largest absolute Gasteiger partial charge is 0.503 e. The van der Waals surface area contributed by atoms with E-state index in [1.165, 1.54) is 12.1 Å². The van der Waals surface area contributed by atoms with Crippen LogP contribution in [-0.4, -0.2) is 16.7 Å². The predicted octanol–water partition coefficient (Wildman–Crippen LogP) is 3.73. The van der Waals surface area contributed by atoms with Crippen LogP contribution in [-0.2, 0) is 4.74 Å². The number of ether oxygens (including phenoxy) is 1. The Morgan fingerprint density at radius 1 is 1.45 bits per heavy atom. The van der Waals surface area contributed by atoms with Gasteiger partial charge in [-0.05, 0) is 48.8 Å². The highest BCUT2D eigenvalue weighted by Gasteiger charge is 2.23. The Kier molecular flexibility index (Phi) is 3.48. The number of esters is 1. The van der Waals surface area contributed by atoms with Crippen molar-refractivity contribution in [2.75, 3.05) is 0 Å². The van der Waals surface area contributed by atoms with Crippen LogP contribution in [0.3, 0.4) is 0 Å². The molecule has 0 bridgehead atoms. The van der Waals surface area contributed by atoms with E-state index in [4.69, 9.17) is 14.4 Å². The molecule has 1 aromatic heterocycles. The van der Waals surface area contributed by atoms with Crippen molar-refractivity contribution in [3.05, 3.63) is 27.9 Å². The number of carbonyl (C=O) groups is 1. The number of phenols is 1. The molecule has 104 valence electrons. The van der Waals surface area contributed by atoms with Gasteiger partial charge in [0.05, 0.1) is 10.0 Å². The molecule has 0 unspecified atom stereocenters. The number of benzene rings is 1. The maximum atomic E-state index is 11.9. The molecule has 1 N–H and O–H groups in total. The Hall–Kier alpha value is -2.00. The quantitative estimate of drug-likeness (QED) is 0.801. The van der Waals surface area contributed by atoms with E-state index in [9.17, 15) is 9.90 Å². The predicted molar refractivity (Wildman–Crippen MR) is 75.5 cm³/mol. The van der Waals surface area contributed by atoms with Crippen LogP contribution in [0, 0.1) is 11.3 Å². The van der Waals surface area contributed by atoms with E-state index < -0.39 is 11.6 Å². The Morgan fingerprint density at radius 2 is 2.10 bits per heavy atom. The van der Waals surface area contributed by atoms with Gasteiger partial charge in [0.1, 0.15) is 11.7 Å². The van der Waals surface area contributed by atoms with Crippen molar-refractivity contribution in [2.24, 2.45) is 0 Å². The van der Waals surface area contributed by atoms with Gasteiger partial charge in [-0.3, -0.25) is 0 Å². The average Bonchev–Trinajstić information content (AvgIpc) is 2.75. The van der Waals surface area contributed by atoms with Gasteiger partial charge >= 0.3 is 5.97 Å². The number of phenolic OH excluding ortho intramolecular Hbond substituents is 1. The molecule has 1 aromatic carbocycles. The Balaban J connectivity index is 2.52. The summed E-state index contributed by atoms with van der Waals surface area (Å²) in [5, 5.41) is 19.4. The topological polar surface area (TPSA) is 83.5 Å². The molecule has 1 heterocycles. The van der Waals surface area contributed by atoms with Crippen LogP contribution in [0.1, 0.15) is 36.9 Å². The number of halogens is 1. The Labute approximate surface area is 123 Å². The van der Waals surface area contributed by atoms with Gasteiger partial charge in [-0.15, -0.1) is 0 Å². The normalized spacial score (nSPS) is 11.3. The number of fused-ring (bicyclic) bond motifs is 1. The van der Waals surface area contributed by atoms with Crippen LogP contribution < -0.4 is 0 Å². The van der Waals surface area contributed by atoms with Crippen molar-refractivity contribution in [3.8, 4) is 11.8 Å². The fourth-order valence-corrected chi connectivity index (χ4v) is 2.04. The van der Waals surface area contributed by atoms with Crippen LogP contribution in [0.15, 0.2) is 21.0 Å². The highest BCUT2D eigenvalue weighted by molar-refractivity contribution is 9.10. The highest BCUT2D eigenvalue weighted by Crippen LogP contribution is 2.37. The maximum absolute atomic E-state index is 11.9. The molecule has 0 radical (unpaired) electrons. The van der Waals surface area contributed by atoms with E-state index in [-0.39, 0.29) is 27.1 Å². The number of aromatic hydroxyl groups is 1. The lowest BCUT2D eigenvalue weighted by molar-refractivity contribution is 0.00381. The van der Waals surface area contributed by atoms with Crippen LogP contribution in [0.5, 0.6) is 5.75 Å². The molecule has 0 atom stereocenters. The van der Waals surface area contributed by atoms with Crippen molar-refractivity contribution in [3.63, 3.8) is 0 Å². The molecular weight excluding hydrogens is 326 g/mol. The first-order valence-electron chi connectivity index (χ1n) is 5.81. The fourth-order valence-electron chi connectivity index (χ4n) is 1.65. The molecule has 0 spiro atoms. The van der Waals surface area contributed by atoms with Gasteiger partial charge < -0.3 is 14.3 Å². The van der Waals surface area contributed by atoms with Gasteiger partial charge in [0, 0.05) is 5.39 Å². The molecule has 0 amide bonds. The molecule has 6 heteroatoms. The number of hydrogen-bond acceptors (Lipinski definition) is 5. The standard InChI is InChI=1S/C14H12BrNO4/c1-14(2,3)20-13(18)9-5-7-4-8(6-16)10(15)11(17)12(7)19-9/h4-5,17H,1-3H3. The minimum Gasteiger partial charge on any atom is -0.503 e. The lowest BCUT2D eigenvalue weighted by Crippen LogP contribution is -2.23. The molecule has 0 saturated heterocycles. The zero-order valence-electron chi connectivity index (χ0n) is 11.2. The minimum absolute atomic E-state index is 0.0211. The van der Waals surface area contributed by atoms with Crippen LogP contribution in [0.4, 0.5) is 0 Å². The molecule has 0 aliphatic carbocycles. The van der Waals surface area contributed by atoms with Crippen molar-refractivity contribution in [2.45, 2.75) is 26.4 Å². The summed E-state index contributed by atoms with van der Waals surface area (Å²) in [6.45, 7) is 5.24. The number of nitrogens with zero attached hydrogens (tertiary/aromatic N) is 1. The fraction of sp³-hybridized carbons (Fsp3) is 0.286. The van der Waals surface area contributed by atoms with E-state index >= 15 is 0 Å². The van der Waals surface area contributed by atoms with Crippen LogP contribution in [0.25, 0.3) is 11.0 Å². The zero-order valence-corrected chi connectivity index (χ0v) is 12.7. The summed E-state index contributed by atoms with van der Waals surface area (Å²) < 4.78 is 10.7. The summed E-state index contributed by atoms with van der Waals surface area (Å²) in [4.78, 5) is 11.9. The van der Waals surface area contributed by atoms with Crippen molar-refractivity contribution >= 4 is 32.9 Å². The van der Waals surface area contributed by atoms with Gasteiger partial charge in [0.2, 0.25) is 5.76 Å². The summed E-state index contributed by atoms with van der Waals surface area (Å²) in [6.07, 6.45) is 0. The summed E-state index contributed by atoms with van der Waals surface area (Å²) in [5.41, 5.74) is -0.250. The second kappa shape index (κ2) is 4.84. The SMILES string of the molecule is CC(C)(C)OC(=O)c1cc2cc(C#N)c(Br)c(O)c2o1. The van der Waals surface area contributed by atoms with E-state index in [1.807, 2.05) is 6.07 Å². The molecule has 0 fully saturated rings. The molecule has 0 saturated carbocycles. The molecule has 0 aliphatic rings. The molecule has 20 heavy (non-hydrogen) atoms. The Bertz CT molecular complexity index is 734. The van der Waals surface area contributed by atoms with E-state index in [0.29, 0.717) is 5.39 Å². The third-order valence-corrected chi connectivity index (χ3v) is 3.24. The van der Waals surface area contributed by atoms with E-state index in [2.05, 4.69) is 15.9 Å². The van der Waals surface area contributed by atoms with Crippen molar-refractivity contribution < 1.29 is 19.1 Å². The summed E-state index contributed by atoms with van der Waals surface area (Å²) in [5.74, 6) is -0.858. The molecule has 2 rings (SSSR count). The van der Waals surface area contributed by atoms with Gasteiger partial charge in [-0.25, -0.2) is 4.79 Å². The van der Waals surface area contributed by atoms with E-state index in [0.717, 1.165) is 0 Å². The van der Waals surface area contributed by atoms with Gasteiger partial charge in [-0.2, -0.15) is 5.26 Å². The maximum Gasteiger partial charge on any atom is 0.374 e. The lowest BCUT2D eigenvalue weighted by Gasteiger charge is -2.18. The molecule has 5 nitrogen and oxygen atoms in total. The number of rotatable bonds is 1. The summed E-state index contributed by atoms with van der Waals surface area (Å²) >= 11 is 3.11. The highest BCUT2D eigenvalue weighted by atomic mass is 79.9. The average molecular weight is 338 g/mol.